The molecule has 0 aromatic heterocycles. The minimum atomic E-state index is 0. The van der Waals surface area contributed by atoms with Gasteiger partial charge in [-0.25, -0.2) is 0 Å². The summed E-state index contributed by atoms with van der Waals surface area (Å²) in [6.45, 7) is 14.3. The fourth-order valence-corrected chi connectivity index (χ4v) is 1.63. The molecule has 0 bridgehead atoms. The molecule has 0 spiro atoms. The second-order valence-corrected chi connectivity index (χ2v) is 5.02. The summed E-state index contributed by atoms with van der Waals surface area (Å²) in [6.07, 6.45) is 6.99. The molecule has 19 heavy (non-hydrogen) atoms. The van der Waals surface area contributed by atoms with E-state index in [9.17, 15) is 4.79 Å². The number of hydrogen-bond donors (Lipinski definition) is 1. The van der Waals surface area contributed by atoms with Crippen molar-refractivity contribution >= 4 is 5.91 Å². The lowest BCUT2D eigenvalue weighted by atomic mass is 10.2. The monoisotopic (exact) mass is 274 g/mol. The third-order valence-electron chi connectivity index (χ3n) is 2.69. The first-order valence-corrected chi connectivity index (χ1v) is 8.10. The maximum absolute atomic E-state index is 11.3. The Labute approximate surface area is 122 Å². The highest BCUT2D eigenvalue weighted by Crippen LogP contribution is 1.99. The lowest BCUT2D eigenvalue weighted by Gasteiger charge is -2.20. The van der Waals surface area contributed by atoms with Crippen LogP contribution in [0.3, 0.4) is 0 Å². The van der Waals surface area contributed by atoms with Gasteiger partial charge in [0.25, 0.3) is 0 Å². The van der Waals surface area contributed by atoms with E-state index >= 15 is 0 Å². The number of amides is 1. The molecular formula is C16H38N2O. The standard InChI is InChI=1S/C13H28N2O.C3H8.H2/c1-4-6-11-15(13(3)16)12-8-7-10-14-9-5-2;1-3-2;/h14H,4-12H2,1-3H3;3H2,1-2H3;1H. The van der Waals surface area contributed by atoms with Crippen molar-refractivity contribution < 1.29 is 6.22 Å². The molecule has 0 saturated carbocycles. The van der Waals surface area contributed by atoms with E-state index < -0.39 is 0 Å². The third kappa shape index (κ3) is 17.4. The van der Waals surface area contributed by atoms with Gasteiger partial charge >= 0.3 is 0 Å². The molecule has 0 aliphatic heterocycles. The van der Waals surface area contributed by atoms with Crippen LogP contribution in [-0.2, 0) is 4.79 Å². The van der Waals surface area contributed by atoms with Crippen molar-refractivity contribution in [1.82, 2.24) is 10.2 Å². The highest BCUT2D eigenvalue weighted by molar-refractivity contribution is 5.73. The van der Waals surface area contributed by atoms with Crippen LogP contribution in [0.1, 0.15) is 74.6 Å². The zero-order chi connectivity index (χ0) is 14.9. The van der Waals surface area contributed by atoms with Crippen LogP contribution in [0.5, 0.6) is 0 Å². The van der Waals surface area contributed by atoms with Gasteiger partial charge in [-0.1, -0.05) is 40.5 Å². The predicted molar refractivity (Wildman–Crippen MR) is 87.6 cm³/mol. The van der Waals surface area contributed by atoms with Crippen LogP contribution in [0, 0.1) is 0 Å². The first kappa shape index (κ1) is 20.7. The van der Waals surface area contributed by atoms with Gasteiger partial charge in [-0.2, -0.15) is 0 Å². The molecule has 0 atom stereocenters. The van der Waals surface area contributed by atoms with Crippen molar-refractivity contribution in [3.05, 3.63) is 0 Å². The number of nitrogens with one attached hydrogen (secondary N) is 1. The van der Waals surface area contributed by atoms with Gasteiger partial charge in [-0.3, -0.25) is 4.79 Å². The van der Waals surface area contributed by atoms with Gasteiger partial charge < -0.3 is 10.2 Å². The summed E-state index contributed by atoms with van der Waals surface area (Å²) >= 11 is 0. The van der Waals surface area contributed by atoms with Gasteiger partial charge in [0.15, 0.2) is 0 Å². The van der Waals surface area contributed by atoms with Crippen LogP contribution in [0.15, 0.2) is 0 Å². The highest BCUT2D eigenvalue weighted by atomic mass is 16.2. The maximum atomic E-state index is 11.3. The van der Waals surface area contributed by atoms with E-state index in [0.29, 0.717) is 0 Å². The van der Waals surface area contributed by atoms with Gasteiger partial charge in [0, 0.05) is 21.4 Å². The molecule has 118 valence electrons. The van der Waals surface area contributed by atoms with Gasteiger partial charge in [0.05, 0.1) is 0 Å². The summed E-state index contributed by atoms with van der Waals surface area (Å²) in [6, 6.07) is 0. The molecule has 0 rings (SSSR count). The Morgan fingerprint density at radius 1 is 0.947 bits per heavy atom. The van der Waals surface area contributed by atoms with E-state index in [-0.39, 0.29) is 7.33 Å². The number of nitrogens with zero attached hydrogens (tertiary/aromatic N) is 1. The van der Waals surface area contributed by atoms with E-state index in [1.54, 1.807) is 6.92 Å². The van der Waals surface area contributed by atoms with Gasteiger partial charge in [-0.05, 0) is 38.8 Å². The molecular weight excluding hydrogens is 236 g/mol. The lowest BCUT2D eigenvalue weighted by molar-refractivity contribution is -0.129. The molecule has 0 heterocycles. The molecule has 3 heteroatoms. The molecule has 0 saturated heterocycles. The summed E-state index contributed by atoms with van der Waals surface area (Å²) in [5.74, 6) is 0.218. The van der Waals surface area contributed by atoms with Crippen LogP contribution in [0.25, 0.3) is 0 Å². The minimum Gasteiger partial charge on any atom is -0.343 e. The van der Waals surface area contributed by atoms with Crippen LogP contribution in [0.2, 0.25) is 0 Å². The van der Waals surface area contributed by atoms with Crippen LogP contribution in [-0.4, -0.2) is 37.0 Å². The molecule has 0 fully saturated rings. The number of carbonyl (C=O) groups is 1. The van der Waals surface area contributed by atoms with E-state index in [1.165, 1.54) is 12.8 Å². The van der Waals surface area contributed by atoms with Crippen LogP contribution < -0.4 is 5.32 Å². The lowest BCUT2D eigenvalue weighted by Crippen LogP contribution is -2.31. The molecule has 0 unspecified atom stereocenters. The number of unbranched alkanes of at least 4 members (excludes halogenated alkanes) is 2. The fraction of sp³-hybridized carbons (Fsp3) is 0.938. The Hall–Kier alpha value is -0.570. The van der Waals surface area contributed by atoms with E-state index in [4.69, 9.17) is 0 Å². The Morgan fingerprint density at radius 2 is 1.53 bits per heavy atom. The minimum absolute atomic E-state index is 0. The number of carbonyl (C=O) groups excluding carboxylic acids is 1. The van der Waals surface area contributed by atoms with E-state index in [1.807, 2.05) is 4.90 Å². The van der Waals surface area contributed by atoms with Gasteiger partial charge in [-0.15, -0.1) is 0 Å². The molecule has 1 N–H and O–H groups in total. The first-order valence-electron chi connectivity index (χ1n) is 8.10. The van der Waals surface area contributed by atoms with Crippen molar-refractivity contribution in [2.24, 2.45) is 0 Å². The largest absolute Gasteiger partial charge is 0.343 e. The average Bonchev–Trinajstić information content (AvgIpc) is 2.37. The summed E-state index contributed by atoms with van der Waals surface area (Å²) in [5.41, 5.74) is 0. The van der Waals surface area contributed by atoms with Crippen molar-refractivity contribution in [2.45, 2.75) is 73.1 Å². The van der Waals surface area contributed by atoms with Gasteiger partial charge in [0.2, 0.25) is 5.91 Å². The average molecular weight is 274 g/mol. The molecule has 1 amide bonds. The Morgan fingerprint density at radius 3 is 2.00 bits per heavy atom. The normalized spacial score (nSPS) is 9.74. The Kier molecular flexibility index (Phi) is 19.0. The molecule has 0 aromatic carbocycles. The zero-order valence-corrected chi connectivity index (χ0v) is 13.9. The zero-order valence-electron chi connectivity index (χ0n) is 13.9. The van der Waals surface area contributed by atoms with E-state index in [0.717, 1.165) is 51.9 Å². The Bertz CT molecular complexity index is 189. The quantitative estimate of drug-likeness (QED) is 0.609. The summed E-state index contributed by atoms with van der Waals surface area (Å²) in [7, 11) is 0. The van der Waals surface area contributed by atoms with Crippen LogP contribution in [0.4, 0.5) is 0 Å². The van der Waals surface area contributed by atoms with Crippen molar-refractivity contribution in [2.75, 3.05) is 26.2 Å². The Balaban J connectivity index is -0.000000657. The SMILES string of the molecule is CCC.CCCCN(CCCCNCCC)C(C)=O.[HH]. The van der Waals surface area contributed by atoms with Crippen molar-refractivity contribution in [1.29, 1.82) is 0 Å². The first-order chi connectivity index (χ1) is 9.13. The summed E-state index contributed by atoms with van der Waals surface area (Å²) in [5, 5.41) is 3.38. The molecule has 0 radical (unpaired) electrons. The topological polar surface area (TPSA) is 32.3 Å². The summed E-state index contributed by atoms with van der Waals surface area (Å²) < 4.78 is 0. The molecule has 0 aliphatic rings. The van der Waals surface area contributed by atoms with Crippen LogP contribution >= 0.6 is 0 Å². The number of rotatable bonds is 10. The van der Waals surface area contributed by atoms with Crippen molar-refractivity contribution in [3.63, 3.8) is 0 Å². The van der Waals surface area contributed by atoms with Gasteiger partial charge in [0.1, 0.15) is 0 Å². The van der Waals surface area contributed by atoms with E-state index in [2.05, 4.69) is 33.0 Å². The predicted octanol–water partition coefficient (Wildman–Crippen LogP) is 4.08. The second kappa shape index (κ2) is 17.4. The third-order valence-corrected chi connectivity index (χ3v) is 2.69. The molecule has 3 nitrogen and oxygen atoms in total. The number of hydrogen-bond acceptors (Lipinski definition) is 2. The smallest absolute Gasteiger partial charge is 0.219 e. The maximum Gasteiger partial charge on any atom is 0.219 e. The molecule has 0 aliphatic carbocycles. The fourth-order valence-electron chi connectivity index (χ4n) is 1.63. The highest BCUT2D eigenvalue weighted by Gasteiger charge is 2.06. The second-order valence-electron chi connectivity index (χ2n) is 5.02. The summed E-state index contributed by atoms with van der Waals surface area (Å²) in [4.78, 5) is 13.3. The molecule has 0 aromatic rings. The van der Waals surface area contributed by atoms with Crippen molar-refractivity contribution in [3.8, 4) is 0 Å².